The third-order valence-electron chi connectivity index (χ3n) is 2.76. The molecular weight excluding hydrogens is 212 g/mol. The maximum atomic E-state index is 11.9. The second kappa shape index (κ2) is 5.43. The molecule has 0 fully saturated rings. The Morgan fingerprint density at radius 2 is 2.06 bits per heavy atom. The van der Waals surface area contributed by atoms with E-state index in [0.29, 0.717) is 12.0 Å². The molecule has 2 rings (SSSR count). The summed E-state index contributed by atoms with van der Waals surface area (Å²) in [4.78, 5) is 11.9. The van der Waals surface area contributed by atoms with E-state index in [9.17, 15) is 4.79 Å². The number of aryl methyl sites for hydroxylation is 2. The fourth-order valence-corrected chi connectivity index (χ4v) is 1.73. The molecule has 0 N–H and O–H groups in total. The first-order valence-corrected chi connectivity index (χ1v) is 5.89. The van der Waals surface area contributed by atoms with Crippen LogP contribution in [0, 0.1) is 0 Å². The Morgan fingerprint density at radius 1 is 1.29 bits per heavy atom. The van der Waals surface area contributed by atoms with E-state index < -0.39 is 0 Å². The van der Waals surface area contributed by atoms with Crippen LogP contribution in [0.3, 0.4) is 0 Å². The first-order chi connectivity index (χ1) is 8.29. The zero-order valence-corrected chi connectivity index (χ0v) is 9.97. The Hall–Kier alpha value is -1.90. The summed E-state index contributed by atoms with van der Waals surface area (Å²) in [6.45, 7) is 2.80. The number of ketones is 1. The van der Waals surface area contributed by atoms with Crippen molar-refractivity contribution in [2.75, 3.05) is 0 Å². The zero-order valence-electron chi connectivity index (χ0n) is 9.97. The number of hydrogen-bond donors (Lipinski definition) is 0. The van der Waals surface area contributed by atoms with Crippen LogP contribution in [-0.2, 0) is 13.0 Å². The monoisotopic (exact) mass is 228 g/mol. The minimum Gasteiger partial charge on any atom is -0.294 e. The summed E-state index contributed by atoms with van der Waals surface area (Å²) in [6, 6.07) is 10.1. The number of hydrogen-bond acceptors (Lipinski definition) is 2. The van der Waals surface area contributed by atoms with Gasteiger partial charge in [0.2, 0.25) is 0 Å². The fraction of sp³-hybridized carbons (Fsp3) is 0.286. The average Bonchev–Trinajstić information content (AvgIpc) is 2.86. The molecule has 0 spiro atoms. The van der Waals surface area contributed by atoms with Gasteiger partial charge < -0.3 is 0 Å². The molecule has 0 aliphatic heterocycles. The Labute approximate surface area is 101 Å². The highest BCUT2D eigenvalue weighted by molar-refractivity contribution is 5.95. The van der Waals surface area contributed by atoms with Gasteiger partial charge in [-0.1, -0.05) is 30.3 Å². The Morgan fingerprint density at radius 3 is 2.71 bits per heavy atom. The third kappa shape index (κ3) is 3.03. The van der Waals surface area contributed by atoms with Crippen molar-refractivity contribution < 1.29 is 4.79 Å². The average molecular weight is 228 g/mol. The minimum atomic E-state index is 0.161. The van der Waals surface area contributed by atoms with Crippen LogP contribution in [0.1, 0.15) is 29.3 Å². The highest BCUT2D eigenvalue weighted by Gasteiger charge is 2.08. The van der Waals surface area contributed by atoms with E-state index in [0.717, 1.165) is 13.0 Å². The van der Waals surface area contributed by atoms with E-state index in [1.165, 1.54) is 5.56 Å². The molecule has 17 heavy (non-hydrogen) atoms. The molecule has 0 atom stereocenters. The molecule has 3 nitrogen and oxygen atoms in total. The van der Waals surface area contributed by atoms with Gasteiger partial charge in [-0.3, -0.25) is 9.48 Å². The maximum absolute atomic E-state index is 11.9. The molecule has 1 aromatic heterocycles. The van der Waals surface area contributed by atoms with Crippen molar-refractivity contribution in [2.45, 2.75) is 26.3 Å². The second-order valence-corrected chi connectivity index (χ2v) is 3.99. The van der Waals surface area contributed by atoms with Crippen molar-refractivity contribution in [2.24, 2.45) is 0 Å². The summed E-state index contributed by atoms with van der Waals surface area (Å²) in [6.07, 6.45) is 4.79. The normalized spacial score (nSPS) is 10.4. The van der Waals surface area contributed by atoms with Gasteiger partial charge in [-0.05, 0) is 18.9 Å². The van der Waals surface area contributed by atoms with Crippen molar-refractivity contribution >= 4 is 5.78 Å². The fourth-order valence-electron chi connectivity index (χ4n) is 1.73. The molecule has 1 aromatic carbocycles. The third-order valence-corrected chi connectivity index (χ3v) is 2.76. The Kier molecular flexibility index (Phi) is 3.70. The van der Waals surface area contributed by atoms with Gasteiger partial charge in [0.15, 0.2) is 5.78 Å². The maximum Gasteiger partial charge on any atom is 0.166 e. The van der Waals surface area contributed by atoms with Gasteiger partial charge in [0.1, 0.15) is 0 Å². The highest BCUT2D eigenvalue weighted by Crippen LogP contribution is 2.07. The molecule has 0 saturated heterocycles. The molecule has 0 radical (unpaired) electrons. The van der Waals surface area contributed by atoms with Gasteiger partial charge in [-0.15, -0.1) is 0 Å². The largest absolute Gasteiger partial charge is 0.294 e. The van der Waals surface area contributed by atoms with Gasteiger partial charge in [0, 0.05) is 19.2 Å². The summed E-state index contributed by atoms with van der Waals surface area (Å²) in [5.41, 5.74) is 1.91. The predicted octanol–water partition coefficient (Wildman–Crippen LogP) is 2.72. The van der Waals surface area contributed by atoms with Crippen molar-refractivity contribution in [3.05, 3.63) is 53.9 Å². The van der Waals surface area contributed by atoms with Crippen LogP contribution in [0.5, 0.6) is 0 Å². The smallest absolute Gasteiger partial charge is 0.166 e. The van der Waals surface area contributed by atoms with Crippen LogP contribution in [-0.4, -0.2) is 15.6 Å². The van der Waals surface area contributed by atoms with Crippen LogP contribution >= 0.6 is 0 Å². The van der Waals surface area contributed by atoms with Gasteiger partial charge in [-0.25, -0.2) is 0 Å². The lowest BCUT2D eigenvalue weighted by Crippen LogP contribution is -2.00. The van der Waals surface area contributed by atoms with Crippen LogP contribution in [0.4, 0.5) is 0 Å². The van der Waals surface area contributed by atoms with Crippen molar-refractivity contribution in [1.29, 1.82) is 0 Å². The van der Waals surface area contributed by atoms with Crippen molar-refractivity contribution in [3.63, 3.8) is 0 Å². The summed E-state index contributed by atoms with van der Waals surface area (Å²) in [5, 5.41) is 4.11. The second-order valence-electron chi connectivity index (χ2n) is 3.99. The van der Waals surface area contributed by atoms with Crippen LogP contribution in [0.2, 0.25) is 0 Å². The van der Waals surface area contributed by atoms with E-state index >= 15 is 0 Å². The zero-order chi connectivity index (χ0) is 12.1. The van der Waals surface area contributed by atoms with E-state index in [1.54, 1.807) is 10.9 Å². The lowest BCUT2D eigenvalue weighted by atomic mass is 10.1. The predicted molar refractivity (Wildman–Crippen MR) is 67.0 cm³/mol. The Bertz CT molecular complexity index is 488. The summed E-state index contributed by atoms with van der Waals surface area (Å²) >= 11 is 0. The van der Waals surface area contributed by atoms with Crippen molar-refractivity contribution in [1.82, 2.24) is 9.78 Å². The van der Waals surface area contributed by atoms with E-state index in [-0.39, 0.29) is 5.78 Å². The van der Waals surface area contributed by atoms with E-state index in [1.807, 2.05) is 43.5 Å². The molecule has 0 bridgehead atoms. The molecule has 0 amide bonds. The number of benzene rings is 1. The molecule has 88 valence electrons. The molecule has 0 saturated carbocycles. The van der Waals surface area contributed by atoms with Crippen LogP contribution in [0.25, 0.3) is 0 Å². The number of Topliss-reactive ketones (excluding diaryl/α,β-unsaturated/α-hetero) is 1. The lowest BCUT2D eigenvalue weighted by Gasteiger charge is -1.99. The standard InChI is InChI=1S/C14H16N2O/c1-2-16-11-13(10-15-16)14(17)9-8-12-6-4-3-5-7-12/h3-7,10-11H,2,8-9H2,1H3. The van der Waals surface area contributed by atoms with E-state index in [2.05, 4.69) is 5.10 Å². The molecule has 2 aromatic rings. The first-order valence-electron chi connectivity index (χ1n) is 5.89. The quantitative estimate of drug-likeness (QED) is 0.737. The van der Waals surface area contributed by atoms with Gasteiger partial charge >= 0.3 is 0 Å². The van der Waals surface area contributed by atoms with Gasteiger partial charge in [-0.2, -0.15) is 5.10 Å². The minimum absolute atomic E-state index is 0.161. The molecular formula is C14H16N2O. The number of rotatable bonds is 5. The number of carbonyl (C=O) groups is 1. The van der Waals surface area contributed by atoms with Gasteiger partial charge in [0.05, 0.1) is 11.8 Å². The topological polar surface area (TPSA) is 34.9 Å². The summed E-state index contributed by atoms with van der Waals surface area (Å²) in [7, 11) is 0. The lowest BCUT2D eigenvalue weighted by molar-refractivity contribution is 0.0983. The van der Waals surface area contributed by atoms with Gasteiger partial charge in [0.25, 0.3) is 0 Å². The number of nitrogens with zero attached hydrogens (tertiary/aromatic N) is 2. The molecule has 1 heterocycles. The molecule has 0 unspecified atom stereocenters. The Balaban J connectivity index is 1.93. The number of carbonyl (C=O) groups excluding carboxylic acids is 1. The summed E-state index contributed by atoms with van der Waals surface area (Å²) < 4.78 is 1.77. The van der Waals surface area contributed by atoms with E-state index in [4.69, 9.17) is 0 Å². The van der Waals surface area contributed by atoms with Crippen LogP contribution in [0.15, 0.2) is 42.7 Å². The molecule has 3 heteroatoms. The first kappa shape index (κ1) is 11.6. The van der Waals surface area contributed by atoms with Crippen LogP contribution < -0.4 is 0 Å². The summed E-state index contributed by atoms with van der Waals surface area (Å²) in [5.74, 6) is 0.161. The highest BCUT2D eigenvalue weighted by atomic mass is 16.1. The van der Waals surface area contributed by atoms with Crippen molar-refractivity contribution in [3.8, 4) is 0 Å². The SMILES string of the molecule is CCn1cc(C(=O)CCc2ccccc2)cn1. The molecule has 0 aliphatic rings. The molecule has 0 aliphatic carbocycles. The number of aromatic nitrogens is 2.